The number of nitrogens with two attached hydrogens (primary N) is 1. The second-order valence-corrected chi connectivity index (χ2v) is 4.63. The molecule has 0 unspecified atom stereocenters. The first-order valence-corrected chi connectivity index (χ1v) is 6.39. The Morgan fingerprint density at radius 1 is 1.47 bits per heavy atom. The lowest BCUT2D eigenvalue weighted by molar-refractivity contribution is -0.121. The third-order valence-electron chi connectivity index (χ3n) is 2.74. The van der Waals surface area contributed by atoms with Gasteiger partial charge in [-0.2, -0.15) is 0 Å². The van der Waals surface area contributed by atoms with Crippen molar-refractivity contribution >= 4 is 23.1 Å². The summed E-state index contributed by atoms with van der Waals surface area (Å²) < 4.78 is 13.5. The minimum Gasteiger partial charge on any atom is -0.389 e. The lowest BCUT2D eigenvalue weighted by Gasteiger charge is -2.19. The third kappa shape index (κ3) is 4.92. The maximum atomic E-state index is 13.5. The van der Waals surface area contributed by atoms with Gasteiger partial charge in [0.1, 0.15) is 10.8 Å². The van der Waals surface area contributed by atoms with Gasteiger partial charge in [-0.1, -0.05) is 19.1 Å². The van der Waals surface area contributed by atoms with Gasteiger partial charge >= 0.3 is 0 Å². The summed E-state index contributed by atoms with van der Waals surface area (Å²) in [6, 6.07) is 4.48. The lowest BCUT2D eigenvalue weighted by Crippen LogP contribution is -2.35. The van der Waals surface area contributed by atoms with E-state index in [1.54, 1.807) is 13.1 Å². The molecule has 6 heteroatoms. The number of hydrogen-bond acceptors (Lipinski definition) is 3. The van der Waals surface area contributed by atoms with Crippen LogP contribution in [0.25, 0.3) is 0 Å². The molecule has 1 rings (SSSR count). The van der Waals surface area contributed by atoms with E-state index in [1.165, 1.54) is 12.1 Å². The van der Waals surface area contributed by atoms with Crippen LogP contribution in [0.4, 0.5) is 4.39 Å². The maximum absolute atomic E-state index is 13.5. The molecule has 104 valence electrons. The monoisotopic (exact) mass is 283 g/mol. The van der Waals surface area contributed by atoms with Crippen molar-refractivity contribution in [3.8, 4) is 0 Å². The molecule has 1 aromatic rings. The number of amides is 1. The Morgan fingerprint density at radius 3 is 2.68 bits per heavy atom. The van der Waals surface area contributed by atoms with E-state index in [0.29, 0.717) is 18.7 Å². The summed E-state index contributed by atoms with van der Waals surface area (Å²) in [5.41, 5.74) is 6.75. The fraction of sp³-hybridized carbons (Fsp3) is 0.385. The van der Waals surface area contributed by atoms with Gasteiger partial charge in [-0.15, -0.1) is 0 Å². The molecular formula is C13H18FN3OS. The van der Waals surface area contributed by atoms with Gasteiger partial charge in [-0.3, -0.25) is 9.69 Å². The van der Waals surface area contributed by atoms with E-state index in [9.17, 15) is 9.18 Å². The fourth-order valence-electron chi connectivity index (χ4n) is 1.70. The zero-order valence-electron chi connectivity index (χ0n) is 11.1. The number of likely N-dealkylation sites (N-methyl/N-ethyl adjacent to an activating group) is 2. The highest BCUT2D eigenvalue weighted by Gasteiger charge is 2.10. The summed E-state index contributed by atoms with van der Waals surface area (Å²) in [7, 11) is 1.59. The number of carbonyl (C=O) groups is 1. The van der Waals surface area contributed by atoms with Crippen molar-refractivity contribution in [3.05, 3.63) is 35.1 Å². The standard InChI is InChI=1S/C13H18FN3OS/c1-3-17(8-12(18)16-2)7-9-4-10(13(15)19)6-11(14)5-9/h4-6H,3,7-8H2,1-2H3,(H2,15,19)(H,16,18). The molecule has 0 atom stereocenters. The minimum absolute atomic E-state index is 0.0761. The van der Waals surface area contributed by atoms with Gasteiger partial charge in [-0.05, 0) is 30.3 Å². The van der Waals surface area contributed by atoms with E-state index in [4.69, 9.17) is 18.0 Å². The first kappa shape index (κ1) is 15.5. The molecule has 0 fully saturated rings. The average Bonchev–Trinajstić information content (AvgIpc) is 2.36. The van der Waals surface area contributed by atoms with Crippen molar-refractivity contribution in [1.29, 1.82) is 0 Å². The Bertz CT molecular complexity index is 479. The van der Waals surface area contributed by atoms with E-state index in [0.717, 1.165) is 5.56 Å². The number of rotatable bonds is 6. The van der Waals surface area contributed by atoms with Crippen molar-refractivity contribution in [2.24, 2.45) is 5.73 Å². The molecule has 0 aliphatic rings. The highest BCUT2D eigenvalue weighted by Crippen LogP contribution is 2.11. The normalized spacial score (nSPS) is 10.5. The number of thiocarbonyl (C=S) groups is 1. The van der Waals surface area contributed by atoms with Crippen LogP contribution in [0.2, 0.25) is 0 Å². The minimum atomic E-state index is -0.378. The van der Waals surface area contributed by atoms with Crippen molar-refractivity contribution in [2.45, 2.75) is 13.5 Å². The molecule has 0 aromatic heterocycles. The molecule has 19 heavy (non-hydrogen) atoms. The topological polar surface area (TPSA) is 58.4 Å². The van der Waals surface area contributed by atoms with E-state index in [-0.39, 0.29) is 23.3 Å². The number of halogens is 1. The van der Waals surface area contributed by atoms with Crippen molar-refractivity contribution in [3.63, 3.8) is 0 Å². The zero-order valence-corrected chi connectivity index (χ0v) is 11.9. The summed E-state index contributed by atoms with van der Waals surface area (Å²) in [4.78, 5) is 13.4. The molecule has 1 amide bonds. The third-order valence-corrected chi connectivity index (χ3v) is 2.98. The second kappa shape index (κ2) is 7.16. The zero-order chi connectivity index (χ0) is 14.4. The molecule has 0 aliphatic carbocycles. The summed E-state index contributed by atoms with van der Waals surface area (Å²) >= 11 is 4.85. The summed E-state index contributed by atoms with van der Waals surface area (Å²) in [6.07, 6.45) is 0. The van der Waals surface area contributed by atoms with Crippen molar-refractivity contribution in [1.82, 2.24) is 10.2 Å². The van der Waals surface area contributed by atoms with Crippen LogP contribution in [0, 0.1) is 5.82 Å². The van der Waals surface area contributed by atoms with Crippen LogP contribution in [-0.2, 0) is 11.3 Å². The van der Waals surface area contributed by atoms with Gasteiger partial charge in [0, 0.05) is 19.2 Å². The van der Waals surface area contributed by atoms with E-state index in [1.807, 2.05) is 11.8 Å². The summed E-state index contributed by atoms with van der Waals surface area (Å²) in [5.74, 6) is -0.455. The molecule has 0 heterocycles. The number of benzene rings is 1. The van der Waals surface area contributed by atoms with Crippen LogP contribution < -0.4 is 11.1 Å². The smallest absolute Gasteiger partial charge is 0.233 e. The molecule has 1 aromatic carbocycles. The molecule has 0 spiro atoms. The largest absolute Gasteiger partial charge is 0.389 e. The van der Waals surface area contributed by atoms with Crippen LogP contribution in [0.3, 0.4) is 0 Å². The predicted molar refractivity (Wildman–Crippen MR) is 77.3 cm³/mol. The van der Waals surface area contributed by atoms with Gasteiger partial charge < -0.3 is 11.1 Å². The number of hydrogen-bond donors (Lipinski definition) is 2. The Labute approximate surface area is 117 Å². The highest BCUT2D eigenvalue weighted by molar-refractivity contribution is 7.80. The maximum Gasteiger partial charge on any atom is 0.233 e. The molecule has 4 nitrogen and oxygen atoms in total. The Morgan fingerprint density at radius 2 is 2.16 bits per heavy atom. The Hall–Kier alpha value is -1.53. The Balaban J connectivity index is 2.84. The lowest BCUT2D eigenvalue weighted by atomic mass is 10.1. The summed E-state index contributed by atoms with van der Waals surface area (Å²) in [5, 5.41) is 2.56. The van der Waals surface area contributed by atoms with Crippen LogP contribution in [-0.4, -0.2) is 35.9 Å². The van der Waals surface area contributed by atoms with Gasteiger partial charge in [0.15, 0.2) is 0 Å². The number of nitrogens with zero attached hydrogens (tertiary/aromatic N) is 1. The quantitative estimate of drug-likeness (QED) is 0.766. The predicted octanol–water partition coefficient (Wildman–Crippen LogP) is 1.03. The van der Waals surface area contributed by atoms with Crippen molar-refractivity contribution in [2.75, 3.05) is 20.1 Å². The number of carbonyl (C=O) groups excluding carboxylic acids is 1. The van der Waals surface area contributed by atoms with Crippen LogP contribution >= 0.6 is 12.2 Å². The first-order chi connectivity index (χ1) is 8.96. The summed E-state index contributed by atoms with van der Waals surface area (Å²) in [6.45, 7) is 3.37. The molecular weight excluding hydrogens is 265 g/mol. The van der Waals surface area contributed by atoms with Crippen LogP contribution in [0.5, 0.6) is 0 Å². The van der Waals surface area contributed by atoms with Gasteiger partial charge in [0.25, 0.3) is 0 Å². The molecule has 0 saturated carbocycles. The van der Waals surface area contributed by atoms with Crippen LogP contribution in [0.15, 0.2) is 18.2 Å². The molecule has 0 saturated heterocycles. The first-order valence-electron chi connectivity index (χ1n) is 5.98. The molecule has 0 radical (unpaired) electrons. The molecule has 3 N–H and O–H groups in total. The van der Waals surface area contributed by atoms with E-state index >= 15 is 0 Å². The van der Waals surface area contributed by atoms with Crippen LogP contribution in [0.1, 0.15) is 18.1 Å². The van der Waals surface area contributed by atoms with Crippen molar-refractivity contribution < 1.29 is 9.18 Å². The average molecular weight is 283 g/mol. The fourth-order valence-corrected chi connectivity index (χ4v) is 1.82. The molecule has 0 aliphatic heterocycles. The molecule has 0 bridgehead atoms. The van der Waals surface area contributed by atoms with Gasteiger partial charge in [0.05, 0.1) is 6.54 Å². The second-order valence-electron chi connectivity index (χ2n) is 4.19. The number of nitrogens with one attached hydrogen (secondary N) is 1. The van der Waals surface area contributed by atoms with Gasteiger partial charge in [-0.25, -0.2) is 4.39 Å². The highest BCUT2D eigenvalue weighted by atomic mass is 32.1. The van der Waals surface area contributed by atoms with Gasteiger partial charge in [0.2, 0.25) is 5.91 Å². The van der Waals surface area contributed by atoms with E-state index < -0.39 is 0 Å². The SMILES string of the molecule is CCN(CC(=O)NC)Cc1cc(F)cc(C(N)=S)c1. The Kier molecular flexibility index (Phi) is 5.85. The van der Waals surface area contributed by atoms with E-state index in [2.05, 4.69) is 5.32 Å².